The SMILES string of the molecule is CC(ONC(=O)C1=CCN(c2ccccc2-c2ncc3ccccc3n2)CC1)c1c[nH]c(=O)c(C(F)(F)F)c1. The van der Waals surface area contributed by atoms with Gasteiger partial charge < -0.3 is 9.88 Å². The van der Waals surface area contributed by atoms with Crippen LogP contribution < -0.4 is 15.9 Å². The van der Waals surface area contributed by atoms with Crippen molar-refractivity contribution in [1.82, 2.24) is 20.4 Å². The number of alkyl halides is 3. The number of carbonyl (C=O) groups excluding carboxylic acids is 1. The number of amides is 1. The summed E-state index contributed by atoms with van der Waals surface area (Å²) >= 11 is 0. The number of fused-ring (bicyclic) bond motifs is 1. The van der Waals surface area contributed by atoms with Gasteiger partial charge in [0.1, 0.15) is 11.7 Å². The van der Waals surface area contributed by atoms with Crippen molar-refractivity contribution in [3.63, 3.8) is 0 Å². The van der Waals surface area contributed by atoms with Gasteiger partial charge in [-0.1, -0.05) is 36.4 Å². The summed E-state index contributed by atoms with van der Waals surface area (Å²) in [6.07, 6.45) is -0.598. The van der Waals surface area contributed by atoms with Crippen molar-refractivity contribution >= 4 is 22.5 Å². The number of rotatable bonds is 6. The van der Waals surface area contributed by atoms with Gasteiger partial charge in [-0.2, -0.15) is 13.2 Å². The van der Waals surface area contributed by atoms with Crippen molar-refractivity contribution in [3.05, 3.63) is 100 Å². The molecule has 2 N–H and O–H groups in total. The van der Waals surface area contributed by atoms with Crippen LogP contribution in [0.15, 0.2) is 83.4 Å². The molecule has 0 aliphatic carbocycles. The lowest BCUT2D eigenvalue weighted by atomic mass is 10.0. The number of aromatic amines is 1. The van der Waals surface area contributed by atoms with Crippen LogP contribution >= 0.6 is 0 Å². The van der Waals surface area contributed by atoms with Crippen LogP contribution in [0, 0.1) is 0 Å². The van der Waals surface area contributed by atoms with Crippen LogP contribution in [0.3, 0.4) is 0 Å². The lowest BCUT2D eigenvalue weighted by Crippen LogP contribution is -2.34. The summed E-state index contributed by atoms with van der Waals surface area (Å²) in [5.41, 5.74) is 2.97. The number of benzene rings is 2. The normalized spacial score (nSPS) is 14.7. The molecule has 2 aromatic carbocycles. The molecule has 0 saturated carbocycles. The Bertz CT molecular complexity index is 1620. The van der Waals surface area contributed by atoms with E-state index in [9.17, 15) is 22.8 Å². The van der Waals surface area contributed by atoms with E-state index >= 15 is 0 Å². The quantitative estimate of drug-likeness (QED) is 0.339. The Hall–Kier alpha value is -4.51. The number of hydrogen-bond donors (Lipinski definition) is 2. The lowest BCUT2D eigenvalue weighted by Gasteiger charge is -2.29. The fourth-order valence-corrected chi connectivity index (χ4v) is 4.36. The minimum Gasteiger partial charge on any atom is -0.367 e. The minimum atomic E-state index is -4.80. The highest BCUT2D eigenvalue weighted by Gasteiger charge is 2.34. The molecule has 1 atom stereocenters. The Labute approximate surface area is 221 Å². The Kier molecular flexibility index (Phi) is 7.16. The Morgan fingerprint density at radius 1 is 1.15 bits per heavy atom. The fourth-order valence-electron chi connectivity index (χ4n) is 4.36. The molecule has 1 aliphatic heterocycles. The standard InChI is InChI=1S/C28H24F3N5O3/c1-17(20-14-22(28(29,30)31)27(38)33-16-20)39-35-26(37)18-10-12-36(13-11-18)24-9-5-3-7-21(24)25-32-15-19-6-2-4-8-23(19)34-25/h2-10,14-17H,11-13H2,1H3,(H,33,38)(H,35,37). The summed E-state index contributed by atoms with van der Waals surface area (Å²) < 4.78 is 39.1. The van der Waals surface area contributed by atoms with E-state index in [1.807, 2.05) is 48.5 Å². The third-order valence-electron chi connectivity index (χ3n) is 6.50. The van der Waals surface area contributed by atoms with Crippen molar-refractivity contribution in [2.75, 3.05) is 18.0 Å². The third-order valence-corrected chi connectivity index (χ3v) is 6.50. The van der Waals surface area contributed by atoms with Gasteiger partial charge >= 0.3 is 6.18 Å². The maximum absolute atomic E-state index is 13.0. The van der Waals surface area contributed by atoms with Gasteiger partial charge in [0.25, 0.3) is 11.5 Å². The summed E-state index contributed by atoms with van der Waals surface area (Å²) in [5, 5.41) is 0.952. The predicted molar refractivity (Wildman–Crippen MR) is 140 cm³/mol. The summed E-state index contributed by atoms with van der Waals surface area (Å²) in [4.78, 5) is 42.9. The maximum atomic E-state index is 13.0. The van der Waals surface area contributed by atoms with Crippen LogP contribution in [0.5, 0.6) is 0 Å². The second-order valence-corrected chi connectivity index (χ2v) is 9.06. The number of hydrogen-bond acceptors (Lipinski definition) is 6. The first-order valence-electron chi connectivity index (χ1n) is 12.2. The van der Waals surface area contributed by atoms with Gasteiger partial charge in [0.05, 0.1) is 5.52 Å². The molecule has 0 fully saturated rings. The number of para-hydroxylation sites is 2. The summed E-state index contributed by atoms with van der Waals surface area (Å²) in [7, 11) is 0. The number of halogens is 3. The molecule has 3 heterocycles. The number of anilines is 1. The van der Waals surface area contributed by atoms with E-state index in [4.69, 9.17) is 9.82 Å². The molecular formula is C28H24F3N5O3. The highest BCUT2D eigenvalue weighted by atomic mass is 19.4. The maximum Gasteiger partial charge on any atom is 0.421 e. The van der Waals surface area contributed by atoms with E-state index in [0.29, 0.717) is 37.0 Å². The zero-order chi connectivity index (χ0) is 27.6. The van der Waals surface area contributed by atoms with Crippen LogP contribution in [0.4, 0.5) is 18.9 Å². The number of nitrogens with one attached hydrogen (secondary N) is 2. The van der Waals surface area contributed by atoms with E-state index in [0.717, 1.165) is 28.4 Å². The van der Waals surface area contributed by atoms with Crippen molar-refractivity contribution in [2.24, 2.45) is 0 Å². The molecule has 11 heteroatoms. The predicted octanol–water partition coefficient (Wildman–Crippen LogP) is 4.95. The minimum absolute atomic E-state index is 0.0681. The average Bonchev–Trinajstić information content (AvgIpc) is 2.95. The largest absolute Gasteiger partial charge is 0.421 e. The molecule has 1 unspecified atom stereocenters. The van der Waals surface area contributed by atoms with E-state index in [2.05, 4.69) is 20.3 Å². The highest BCUT2D eigenvalue weighted by Crippen LogP contribution is 2.31. The molecule has 1 aliphatic rings. The first-order valence-corrected chi connectivity index (χ1v) is 12.2. The number of H-pyrrole nitrogens is 1. The van der Waals surface area contributed by atoms with Crippen LogP contribution in [0.1, 0.15) is 30.6 Å². The van der Waals surface area contributed by atoms with E-state index < -0.39 is 29.3 Å². The van der Waals surface area contributed by atoms with E-state index in [1.165, 1.54) is 6.92 Å². The van der Waals surface area contributed by atoms with Crippen LogP contribution in [0.25, 0.3) is 22.3 Å². The van der Waals surface area contributed by atoms with Gasteiger partial charge in [-0.3, -0.25) is 14.4 Å². The average molecular weight is 536 g/mol. The van der Waals surface area contributed by atoms with E-state index in [-0.39, 0.29) is 5.56 Å². The molecule has 5 rings (SSSR count). The molecule has 0 spiro atoms. The topological polar surface area (TPSA) is 100 Å². The summed E-state index contributed by atoms with van der Waals surface area (Å²) in [5.74, 6) is 0.128. The van der Waals surface area contributed by atoms with Crippen molar-refractivity contribution < 1.29 is 22.8 Å². The number of aromatic nitrogens is 3. The molecule has 0 radical (unpaired) electrons. The zero-order valence-corrected chi connectivity index (χ0v) is 20.8. The second kappa shape index (κ2) is 10.7. The first-order chi connectivity index (χ1) is 18.7. The summed E-state index contributed by atoms with van der Waals surface area (Å²) in [6.45, 7) is 2.48. The third kappa shape index (κ3) is 5.68. The van der Waals surface area contributed by atoms with Crippen LogP contribution in [-0.4, -0.2) is 33.9 Å². The molecule has 4 aromatic rings. The van der Waals surface area contributed by atoms with Gasteiger partial charge in [-0.25, -0.2) is 15.4 Å². The highest BCUT2D eigenvalue weighted by molar-refractivity contribution is 5.93. The van der Waals surface area contributed by atoms with Crippen molar-refractivity contribution in [1.29, 1.82) is 0 Å². The number of pyridine rings is 1. The van der Waals surface area contributed by atoms with Gasteiger partial charge in [0.2, 0.25) is 0 Å². The fraction of sp³-hybridized carbons (Fsp3) is 0.214. The van der Waals surface area contributed by atoms with Gasteiger partial charge in [-0.05, 0) is 37.6 Å². The number of carbonyl (C=O) groups is 1. The van der Waals surface area contributed by atoms with Gasteiger partial charge in [0, 0.05) is 53.3 Å². The Balaban J connectivity index is 1.25. The molecule has 39 heavy (non-hydrogen) atoms. The van der Waals surface area contributed by atoms with Crippen LogP contribution in [-0.2, 0) is 15.8 Å². The number of nitrogens with zero attached hydrogens (tertiary/aromatic N) is 3. The summed E-state index contributed by atoms with van der Waals surface area (Å²) in [6, 6.07) is 16.3. The van der Waals surface area contributed by atoms with Crippen molar-refractivity contribution in [3.8, 4) is 11.4 Å². The molecular weight excluding hydrogens is 511 g/mol. The molecule has 1 amide bonds. The zero-order valence-electron chi connectivity index (χ0n) is 20.8. The molecule has 2 aromatic heterocycles. The molecule has 0 saturated heterocycles. The Morgan fingerprint density at radius 3 is 2.69 bits per heavy atom. The Morgan fingerprint density at radius 2 is 1.92 bits per heavy atom. The monoisotopic (exact) mass is 535 g/mol. The first kappa shape index (κ1) is 26.1. The molecule has 8 nitrogen and oxygen atoms in total. The van der Waals surface area contributed by atoms with E-state index in [1.54, 1.807) is 12.3 Å². The van der Waals surface area contributed by atoms with Gasteiger partial charge in [-0.15, -0.1) is 0 Å². The number of hydroxylamine groups is 1. The second-order valence-electron chi connectivity index (χ2n) is 9.06. The smallest absolute Gasteiger partial charge is 0.367 e. The lowest BCUT2D eigenvalue weighted by molar-refractivity contribution is -0.139. The molecule has 0 bridgehead atoms. The van der Waals surface area contributed by atoms with Gasteiger partial charge in [0.15, 0.2) is 5.82 Å². The molecule has 200 valence electrons. The van der Waals surface area contributed by atoms with Crippen molar-refractivity contribution in [2.45, 2.75) is 25.6 Å². The van der Waals surface area contributed by atoms with Crippen LogP contribution in [0.2, 0.25) is 0 Å².